The van der Waals surface area contributed by atoms with Crippen LogP contribution in [0.1, 0.15) is 110 Å². The Bertz CT molecular complexity index is 6650. The van der Waals surface area contributed by atoms with Crippen molar-refractivity contribution < 1.29 is 183 Å². The fraction of sp³-hybridized carbons (Fsp3) is 0.468. The van der Waals surface area contributed by atoms with Crippen LogP contribution in [-0.4, -0.2) is 212 Å². The smallest absolute Gasteiger partial charge is 0.403 e. The fourth-order valence-corrected chi connectivity index (χ4v) is 19.2. The Hall–Kier alpha value is -9.45. The van der Waals surface area contributed by atoms with Gasteiger partial charge >= 0.3 is 48.4 Å². The minimum Gasteiger partial charge on any atom is -0.403 e. The van der Waals surface area contributed by atoms with Crippen LogP contribution in [0.4, 0.5) is 17.6 Å². The summed E-state index contributed by atoms with van der Waals surface area (Å²) < 4.78 is 246. The number of carbonyl (C=O) groups is 1. The van der Waals surface area contributed by atoms with E-state index in [1.807, 2.05) is 30.7 Å². The maximum atomic E-state index is 16.0. The van der Waals surface area contributed by atoms with Gasteiger partial charge in [-0.05, 0) is 77.6 Å². The van der Waals surface area contributed by atoms with Crippen LogP contribution in [-0.2, 0) is 124 Å². The second-order valence-electron chi connectivity index (χ2n) is 30.9. The molecule has 720 valence electrons. The van der Waals surface area contributed by atoms with Gasteiger partial charge in [-0.15, -0.1) is 0 Å². The number of amides is 1. The van der Waals surface area contributed by atoms with E-state index < -0.39 is 227 Å². The number of rotatable bonds is 20. The summed E-state index contributed by atoms with van der Waals surface area (Å²) in [6.07, 6.45) is -25.9. The predicted molar refractivity (Wildman–Crippen MR) is 434 cm³/mol. The molecule has 9 aliphatic heterocycles. The molecule has 16 rings (SSSR count). The topological polar surface area (TPSA) is 656 Å². The minimum absolute atomic E-state index is 0.0867. The second-order valence-corrected chi connectivity index (χ2v) is 37.1. The molecular formula is C77H90F4N8O39P4. The number of phosphoric acid groups is 4. The van der Waals surface area contributed by atoms with Gasteiger partial charge in [0, 0.05) is 47.0 Å². The van der Waals surface area contributed by atoms with E-state index in [9.17, 15) is 113 Å². The van der Waals surface area contributed by atoms with Gasteiger partial charge in [-0.25, -0.2) is 50.2 Å². The van der Waals surface area contributed by atoms with E-state index in [0.29, 0.717) is 69.3 Å². The van der Waals surface area contributed by atoms with Crippen molar-refractivity contribution in [3.05, 3.63) is 237 Å². The average molecular weight is 1960 g/mol. The Morgan fingerprint density at radius 3 is 1.09 bits per heavy atom. The van der Waals surface area contributed by atoms with Gasteiger partial charge in [0.05, 0.1) is 83.3 Å². The number of fused-ring (bicyclic) bond motifs is 4. The summed E-state index contributed by atoms with van der Waals surface area (Å²) >= 11 is 0. The number of ether oxygens (including phenoxy) is 4. The van der Waals surface area contributed by atoms with Gasteiger partial charge in [0.25, 0.3) is 46.0 Å². The standard InChI is InChI=1S/C20H24FN2O9P.3C19H22FN2O10P/c1-10-4-11(2)16-13(5-10)8-29-33(28,32-16)30-9-20(21)17(26)15(25)19(31-20)23-6-14(7-24)18(27)22-12(23)3;3*1-9-3-10(2)14-11(4-9)7-29-33(28,32-14)30-8-19(20)15(25)13(24)17(31-19)22-5-12(6-23)16(26)21-18(22)27/h4-6,15,17,19,24-26H,3,7-9H2,1-2H3,(H,22,27);3*3-5,13,15,17,23-25H,6-8H2,1-2H3,(H,21,26,27)/t15-,17+,19-,20-,33?;3*13-,15+,17-,19-,33?/m1111/s1/i9D2,19D;17D;8D2;. The zero-order chi connectivity index (χ0) is 102. The molecule has 4 aromatic carbocycles. The van der Waals surface area contributed by atoms with Crippen LogP contribution in [0.15, 0.2) is 120 Å². The number of H-pyrrole nitrogens is 3. The highest BCUT2D eigenvalue weighted by Crippen LogP contribution is 2.61. The molecule has 4 saturated heterocycles. The first-order valence-corrected chi connectivity index (χ1v) is 44.7. The molecule has 55 heteroatoms. The number of phosphoric ester groups is 4. The van der Waals surface area contributed by atoms with Gasteiger partial charge in [0.2, 0.25) is 0 Å². The zero-order valence-corrected chi connectivity index (χ0v) is 73.5. The van der Waals surface area contributed by atoms with E-state index in [1.165, 1.54) is 0 Å². The van der Waals surface area contributed by atoms with E-state index in [-0.39, 0.29) is 71.7 Å². The Balaban J connectivity index is 0.000000155. The predicted octanol–water partition coefficient (Wildman–Crippen LogP) is 1.75. The number of hydrogen-bond donors (Lipinski definition) is 16. The van der Waals surface area contributed by atoms with Gasteiger partial charge in [0.1, 0.15) is 104 Å². The molecule has 0 saturated carbocycles. The number of aliphatic hydroxyl groups excluding tert-OH is 12. The van der Waals surface area contributed by atoms with Crippen molar-refractivity contribution in [3.8, 4) is 23.0 Å². The molecule has 0 aliphatic carbocycles. The zero-order valence-electron chi connectivity index (χ0n) is 76.0. The molecule has 16 N–H and O–H groups in total. The third kappa shape index (κ3) is 20.4. The third-order valence-electron chi connectivity index (χ3n) is 20.8. The number of hydrogen-bond acceptors (Lipinski definition) is 40. The Morgan fingerprint density at radius 1 is 0.432 bits per heavy atom. The SMILES string of the molecule is Cc1cc(C)c2c(c1)COP(=O)(OC[C@@]1(F)O[C@@H](n3cc(CO)c(=O)[nH]c3=O)[C@H](O)[C@@H]1O)O2.[2H]C([2H])(OP1(=O)OCc2cc(C)cc(C)c2O1)[C@@]1(F)O[C@@H](n2cc(CO)c(=O)[nH]c2=O)[C@H](O)[C@@H]1O.[2H]C([2H])(OP1(=O)OCc2cc(C)cc(C)c2O1)[C@@]1(F)O[C@@]([2H])(N2C=C(CO)C(=O)NC2=C)[C@H](O)[C@@H]1O.[2H][C@@]1(n2cc(CO)c(=O)[nH]c2=O)O[C@](F)(COP2(=O)OCc3cc(C)cc(C)c3O2)[C@@H](O)[C@H]1O. The highest BCUT2D eigenvalue weighted by atomic mass is 31.2. The van der Waals surface area contributed by atoms with Crippen LogP contribution in [0.25, 0.3) is 0 Å². The van der Waals surface area contributed by atoms with Crippen molar-refractivity contribution in [2.75, 3.05) is 32.9 Å². The lowest BCUT2D eigenvalue weighted by Gasteiger charge is -2.34. The molecule has 12 heterocycles. The number of aryl methyl sites for hydroxylation is 8. The van der Waals surface area contributed by atoms with Gasteiger partial charge in [-0.3, -0.25) is 84.0 Å². The summed E-state index contributed by atoms with van der Waals surface area (Å²) in [6, 6.07) is 13.9. The monoisotopic (exact) mass is 1960 g/mol. The number of benzene rings is 4. The molecule has 47 nitrogen and oxygen atoms in total. The number of alkyl halides is 4. The number of halogens is 4. The van der Waals surface area contributed by atoms with Crippen LogP contribution < -0.4 is 57.2 Å². The van der Waals surface area contributed by atoms with Crippen molar-refractivity contribution in [1.29, 1.82) is 0 Å². The summed E-state index contributed by atoms with van der Waals surface area (Å²) in [6.45, 7) is 3.29. The summed E-state index contributed by atoms with van der Waals surface area (Å²) in [5.74, 6) is -14.9. The van der Waals surface area contributed by atoms with Crippen molar-refractivity contribution in [1.82, 2.24) is 38.9 Å². The summed E-state index contributed by atoms with van der Waals surface area (Å²) in [4.78, 5) is 89.4. The number of aromatic amines is 3. The van der Waals surface area contributed by atoms with E-state index in [2.05, 4.69) is 11.9 Å². The Morgan fingerprint density at radius 2 is 0.727 bits per heavy atom. The lowest BCUT2D eigenvalue weighted by molar-refractivity contribution is -0.208. The van der Waals surface area contributed by atoms with Crippen molar-refractivity contribution in [3.63, 3.8) is 0 Å². The molecule has 0 bridgehead atoms. The van der Waals surface area contributed by atoms with Crippen LogP contribution in [0, 0.1) is 55.4 Å². The first kappa shape index (κ1) is 91.7. The Labute approximate surface area is 748 Å². The lowest BCUT2D eigenvalue weighted by Crippen LogP contribution is -2.48. The first-order chi connectivity index (χ1) is 64.1. The molecule has 9 aliphatic rings. The molecule has 3 aromatic heterocycles. The number of aliphatic hydroxyl groups is 12. The van der Waals surface area contributed by atoms with E-state index in [4.69, 9.17) is 81.5 Å². The molecule has 7 aromatic rings. The van der Waals surface area contributed by atoms with Gasteiger partial charge < -0.3 is 109 Å². The quantitative estimate of drug-likeness (QED) is 0.0382. The summed E-state index contributed by atoms with van der Waals surface area (Å²) in [7, 11) is -18.4. The maximum Gasteiger partial charge on any atom is 0.530 e. The van der Waals surface area contributed by atoms with Crippen molar-refractivity contribution in [2.24, 2.45) is 0 Å². The normalized spacial score (nSPS) is 33.9. The number of nitrogens with one attached hydrogen (secondary N) is 4. The van der Waals surface area contributed by atoms with Crippen LogP contribution >= 0.6 is 31.3 Å². The van der Waals surface area contributed by atoms with E-state index in [0.717, 1.165) is 40.8 Å². The number of aromatic nitrogens is 6. The largest absolute Gasteiger partial charge is 0.530 e. The summed E-state index contributed by atoms with van der Waals surface area (Å²) in [5, 5.41) is 122. The molecule has 0 spiro atoms. The second kappa shape index (κ2) is 38.4. The average Bonchev–Trinajstić information content (AvgIpc) is 1.56. The highest BCUT2D eigenvalue weighted by Gasteiger charge is 2.63. The van der Waals surface area contributed by atoms with E-state index >= 15 is 17.6 Å². The van der Waals surface area contributed by atoms with Gasteiger partial charge in [-0.1, -0.05) is 77.4 Å². The highest BCUT2D eigenvalue weighted by molar-refractivity contribution is 7.49. The van der Waals surface area contributed by atoms with Crippen molar-refractivity contribution in [2.45, 2.75) is 199 Å². The maximum absolute atomic E-state index is 16.0. The molecule has 4 unspecified atom stereocenters. The van der Waals surface area contributed by atoms with Crippen LogP contribution in [0.3, 0.4) is 0 Å². The molecule has 1 amide bonds. The van der Waals surface area contributed by atoms with E-state index in [1.54, 1.807) is 88.1 Å². The molecule has 0 radical (unpaired) electrons. The fourth-order valence-electron chi connectivity index (χ4n) is 14.3. The molecule has 20 atom stereocenters. The van der Waals surface area contributed by atoms with Crippen LogP contribution in [0.5, 0.6) is 23.0 Å². The van der Waals surface area contributed by atoms with Gasteiger partial charge in [-0.2, -0.15) is 0 Å². The van der Waals surface area contributed by atoms with Crippen LogP contribution in [0.2, 0.25) is 0 Å². The Kier molecular flexibility index (Phi) is 26.6. The number of nitrogens with zero attached hydrogens (tertiary/aromatic N) is 4. The lowest BCUT2D eigenvalue weighted by atomic mass is 10.1. The first-order valence-electron chi connectivity index (χ1n) is 41.9. The molecule has 132 heavy (non-hydrogen) atoms. The summed E-state index contributed by atoms with van der Waals surface area (Å²) in [5.41, 5.74) is 0.438. The number of carbonyl (C=O) groups excluding carboxylic acids is 1. The molecule has 4 fully saturated rings. The minimum atomic E-state index is -4.84. The van der Waals surface area contributed by atoms with Gasteiger partial charge in [0.15, 0.2) is 24.9 Å². The molecular weight excluding hydrogens is 1860 g/mol. The third-order valence-corrected chi connectivity index (χ3v) is 25.7. The van der Waals surface area contributed by atoms with Crippen molar-refractivity contribution >= 4 is 37.2 Å².